The number of rotatable bonds is 25. The van der Waals surface area contributed by atoms with Crippen LogP contribution in [0.15, 0.2) is 30.3 Å². The molecule has 0 amide bonds. The minimum atomic E-state index is -0.299. The van der Waals surface area contributed by atoms with Gasteiger partial charge in [0.1, 0.15) is 6.54 Å². The van der Waals surface area contributed by atoms with E-state index >= 15 is 0 Å². The van der Waals surface area contributed by atoms with Gasteiger partial charge >= 0.3 is 0 Å². The summed E-state index contributed by atoms with van der Waals surface area (Å²) in [5.41, 5.74) is 1.37. The summed E-state index contributed by atoms with van der Waals surface area (Å²) in [6.07, 6.45) is 27.1. The summed E-state index contributed by atoms with van der Waals surface area (Å²) < 4.78 is 0.845. The zero-order valence-electron chi connectivity index (χ0n) is 24.1. The van der Waals surface area contributed by atoms with Gasteiger partial charge in [0, 0.05) is 12.5 Å². The van der Waals surface area contributed by atoms with E-state index in [-0.39, 0.29) is 6.23 Å². The number of unbranched alkanes of at least 4 members (excludes halogenated alkanes) is 18. The third-order valence-electron chi connectivity index (χ3n) is 8.05. The minimum absolute atomic E-state index is 0.299. The van der Waals surface area contributed by atoms with E-state index in [1.807, 2.05) is 6.92 Å². The van der Waals surface area contributed by atoms with Gasteiger partial charge in [-0.05, 0) is 25.7 Å². The first-order valence-corrected chi connectivity index (χ1v) is 15.7. The fourth-order valence-corrected chi connectivity index (χ4v) is 5.55. The van der Waals surface area contributed by atoms with Crippen LogP contribution in [0.4, 0.5) is 0 Å². The van der Waals surface area contributed by atoms with Gasteiger partial charge in [-0.15, -0.1) is 0 Å². The third kappa shape index (κ3) is 16.5. The lowest BCUT2D eigenvalue weighted by Gasteiger charge is -2.41. The molecule has 0 fully saturated rings. The molecule has 0 bridgehead atoms. The highest BCUT2D eigenvalue weighted by Gasteiger charge is 2.32. The molecule has 0 heterocycles. The fraction of sp³-hybridized carbons (Fsp3) is 0.818. The van der Waals surface area contributed by atoms with Crippen molar-refractivity contribution in [2.75, 3.05) is 13.1 Å². The van der Waals surface area contributed by atoms with Gasteiger partial charge in [-0.2, -0.15) is 0 Å². The molecule has 1 N–H and O–H groups in total. The zero-order valence-corrected chi connectivity index (χ0v) is 24.1. The lowest BCUT2D eigenvalue weighted by molar-refractivity contribution is -0.981. The van der Waals surface area contributed by atoms with E-state index < -0.39 is 0 Å². The molecule has 1 aromatic carbocycles. The largest absolute Gasteiger partial charge is 0.345 e. The van der Waals surface area contributed by atoms with E-state index in [0.29, 0.717) is 0 Å². The molecule has 0 aromatic heterocycles. The molecule has 0 aliphatic carbocycles. The highest BCUT2D eigenvalue weighted by atomic mass is 16.3. The van der Waals surface area contributed by atoms with Crippen molar-refractivity contribution in [2.45, 2.75) is 162 Å². The Bertz CT molecular complexity index is 531. The minimum Gasteiger partial charge on any atom is -0.345 e. The van der Waals surface area contributed by atoms with Gasteiger partial charge in [0.25, 0.3) is 0 Å². The van der Waals surface area contributed by atoms with Crippen molar-refractivity contribution >= 4 is 0 Å². The van der Waals surface area contributed by atoms with Crippen LogP contribution in [-0.2, 0) is 6.54 Å². The molecule has 1 aromatic rings. The average molecular weight is 489 g/mol. The van der Waals surface area contributed by atoms with Gasteiger partial charge in [-0.1, -0.05) is 147 Å². The highest BCUT2D eigenvalue weighted by molar-refractivity contribution is 5.13. The van der Waals surface area contributed by atoms with Crippen molar-refractivity contribution in [1.29, 1.82) is 0 Å². The number of aliphatic hydroxyl groups is 1. The molecule has 0 aliphatic heterocycles. The van der Waals surface area contributed by atoms with E-state index in [1.165, 1.54) is 134 Å². The van der Waals surface area contributed by atoms with Crippen molar-refractivity contribution in [1.82, 2.24) is 0 Å². The molecule has 2 nitrogen and oxygen atoms in total. The first-order valence-electron chi connectivity index (χ1n) is 15.7. The van der Waals surface area contributed by atoms with Gasteiger partial charge in [-0.25, -0.2) is 0 Å². The smallest absolute Gasteiger partial charge is 0.187 e. The number of hydrogen-bond acceptors (Lipinski definition) is 1. The standard InChI is InChI=1S/C33H62NO/c1-4-6-8-10-12-14-16-18-20-25-29-34(32(3)35,31-33-27-23-22-24-28-33)30-26-21-19-17-15-13-11-9-7-5-2/h22-24,27-28,32,35H,4-21,25-26,29-31H2,1-3H3/q+1. The molecule has 0 saturated carbocycles. The summed E-state index contributed by atoms with van der Waals surface area (Å²) in [7, 11) is 0. The van der Waals surface area contributed by atoms with Crippen LogP contribution in [0.25, 0.3) is 0 Å². The summed E-state index contributed by atoms with van der Waals surface area (Å²) in [5.74, 6) is 0. The number of nitrogens with zero attached hydrogens (tertiary/aromatic N) is 1. The Labute approximate surface area is 220 Å². The maximum absolute atomic E-state index is 11.0. The van der Waals surface area contributed by atoms with Gasteiger partial charge in [0.05, 0.1) is 13.1 Å². The molecule has 1 unspecified atom stereocenters. The number of benzene rings is 1. The van der Waals surface area contributed by atoms with Gasteiger partial charge in [-0.3, -0.25) is 4.48 Å². The Morgan fingerprint density at radius 2 is 0.886 bits per heavy atom. The van der Waals surface area contributed by atoms with Crippen LogP contribution in [0, 0.1) is 0 Å². The van der Waals surface area contributed by atoms with Crippen LogP contribution in [0.5, 0.6) is 0 Å². The quantitative estimate of drug-likeness (QED) is 0.0824. The molecule has 0 spiro atoms. The van der Waals surface area contributed by atoms with Crippen molar-refractivity contribution in [2.24, 2.45) is 0 Å². The normalized spacial score (nSPS) is 12.8. The van der Waals surface area contributed by atoms with E-state index in [1.54, 1.807) is 0 Å². The molecule has 1 rings (SSSR count). The average Bonchev–Trinajstić information content (AvgIpc) is 2.86. The SMILES string of the molecule is CCCCCCCCCCCC[N+](CCCCCCCCCCCC)(Cc1ccccc1)C(C)O. The maximum Gasteiger partial charge on any atom is 0.187 e. The molecule has 0 aliphatic rings. The monoisotopic (exact) mass is 488 g/mol. The molecule has 35 heavy (non-hydrogen) atoms. The highest BCUT2D eigenvalue weighted by Crippen LogP contribution is 2.23. The van der Waals surface area contributed by atoms with Crippen molar-refractivity contribution < 1.29 is 9.59 Å². The first-order chi connectivity index (χ1) is 17.1. The topological polar surface area (TPSA) is 20.2 Å². The van der Waals surface area contributed by atoms with Crippen LogP contribution in [0.3, 0.4) is 0 Å². The summed E-state index contributed by atoms with van der Waals surface area (Å²) in [6.45, 7) is 9.81. The van der Waals surface area contributed by atoms with Crippen LogP contribution < -0.4 is 0 Å². The van der Waals surface area contributed by atoms with E-state index in [4.69, 9.17) is 0 Å². The Morgan fingerprint density at radius 3 is 1.23 bits per heavy atom. The Hall–Kier alpha value is -0.860. The van der Waals surface area contributed by atoms with Crippen LogP contribution in [-0.4, -0.2) is 28.9 Å². The molecular weight excluding hydrogens is 426 g/mol. The molecular formula is C33H62NO+. The Balaban J connectivity index is 2.40. The number of hydrogen-bond donors (Lipinski definition) is 1. The van der Waals surface area contributed by atoms with Crippen molar-refractivity contribution in [3.05, 3.63) is 35.9 Å². The lowest BCUT2D eigenvalue weighted by atomic mass is 10.0. The van der Waals surface area contributed by atoms with Gasteiger partial charge in [0.15, 0.2) is 6.23 Å². The second kappa shape index (κ2) is 22.3. The Kier molecular flexibility index (Phi) is 20.5. The van der Waals surface area contributed by atoms with E-state index in [9.17, 15) is 5.11 Å². The predicted octanol–water partition coefficient (Wildman–Crippen LogP) is 10.2. The lowest BCUT2D eigenvalue weighted by Crippen LogP contribution is -2.54. The van der Waals surface area contributed by atoms with Gasteiger partial charge < -0.3 is 5.11 Å². The third-order valence-corrected chi connectivity index (χ3v) is 8.05. The summed E-state index contributed by atoms with van der Waals surface area (Å²) in [4.78, 5) is 0. The van der Waals surface area contributed by atoms with E-state index in [2.05, 4.69) is 44.2 Å². The molecule has 0 radical (unpaired) electrons. The molecule has 204 valence electrons. The molecule has 2 heteroatoms. The zero-order chi connectivity index (χ0) is 25.5. The van der Waals surface area contributed by atoms with Crippen LogP contribution in [0.2, 0.25) is 0 Å². The maximum atomic E-state index is 11.0. The van der Waals surface area contributed by atoms with Crippen LogP contribution >= 0.6 is 0 Å². The second-order valence-corrected chi connectivity index (χ2v) is 11.3. The predicted molar refractivity (Wildman–Crippen MR) is 156 cm³/mol. The second-order valence-electron chi connectivity index (χ2n) is 11.3. The number of quaternary nitrogens is 1. The summed E-state index contributed by atoms with van der Waals surface area (Å²) in [5, 5.41) is 11.0. The van der Waals surface area contributed by atoms with Crippen molar-refractivity contribution in [3.8, 4) is 0 Å². The van der Waals surface area contributed by atoms with E-state index in [0.717, 1.165) is 24.1 Å². The van der Waals surface area contributed by atoms with Crippen LogP contribution in [0.1, 0.15) is 155 Å². The summed E-state index contributed by atoms with van der Waals surface area (Å²) >= 11 is 0. The first kappa shape index (κ1) is 32.2. The van der Waals surface area contributed by atoms with Gasteiger partial charge in [0.2, 0.25) is 0 Å². The molecule has 0 saturated heterocycles. The number of aliphatic hydroxyl groups excluding tert-OH is 1. The van der Waals surface area contributed by atoms with Crippen molar-refractivity contribution in [3.63, 3.8) is 0 Å². The summed E-state index contributed by atoms with van der Waals surface area (Å²) in [6, 6.07) is 10.9. The fourth-order valence-electron chi connectivity index (χ4n) is 5.55. The Morgan fingerprint density at radius 1 is 0.543 bits per heavy atom. The molecule has 1 atom stereocenters.